The normalized spacial score (nSPS) is 21.2. The van der Waals surface area contributed by atoms with Crippen molar-refractivity contribution in [1.29, 1.82) is 0 Å². The molecule has 2 N–H and O–H groups in total. The fourth-order valence-electron chi connectivity index (χ4n) is 4.76. The highest BCUT2D eigenvalue weighted by atomic mass is 16.5. The van der Waals surface area contributed by atoms with Crippen LogP contribution in [0, 0.1) is 12.8 Å². The summed E-state index contributed by atoms with van der Waals surface area (Å²) in [7, 11) is 0. The summed E-state index contributed by atoms with van der Waals surface area (Å²) in [6.45, 7) is 9.27. The Morgan fingerprint density at radius 3 is 2.71 bits per heavy atom. The second-order valence-corrected chi connectivity index (χ2v) is 9.54. The van der Waals surface area contributed by atoms with E-state index >= 15 is 0 Å². The molecule has 2 aromatic carbocycles. The maximum atomic E-state index is 12.9. The van der Waals surface area contributed by atoms with Crippen LogP contribution in [0.1, 0.15) is 36.5 Å². The van der Waals surface area contributed by atoms with Crippen LogP contribution >= 0.6 is 0 Å². The summed E-state index contributed by atoms with van der Waals surface area (Å²) in [6, 6.07) is 16.0. The van der Waals surface area contributed by atoms with E-state index in [-0.39, 0.29) is 24.0 Å². The zero-order valence-electron chi connectivity index (χ0n) is 20.3. The van der Waals surface area contributed by atoms with E-state index in [4.69, 9.17) is 4.74 Å². The number of hydrogen-bond donors (Lipinski definition) is 2. The van der Waals surface area contributed by atoms with E-state index in [9.17, 15) is 9.59 Å². The number of benzene rings is 2. The molecule has 0 aromatic heterocycles. The van der Waals surface area contributed by atoms with Crippen molar-refractivity contribution < 1.29 is 14.3 Å². The molecule has 2 heterocycles. The van der Waals surface area contributed by atoms with E-state index in [1.165, 1.54) is 5.56 Å². The molecule has 0 saturated carbocycles. The maximum absolute atomic E-state index is 12.9. The summed E-state index contributed by atoms with van der Waals surface area (Å²) in [5.74, 6) is -0.171. The van der Waals surface area contributed by atoms with Crippen molar-refractivity contribution in [2.75, 3.05) is 38.1 Å². The Bertz CT molecular complexity index is 995. The van der Waals surface area contributed by atoms with Crippen LogP contribution in [0.4, 0.5) is 10.5 Å². The Labute approximate surface area is 202 Å². The average Bonchev–Trinajstić information content (AvgIpc) is 2.83. The molecule has 2 aromatic rings. The van der Waals surface area contributed by atoms with E-state index in [2.05, 4.69) is 40.7 Å². The highest BCUT2D eigenvalue weighted by Crippen LogP contribution is 2.19. The molecule has 0 aliphatic carbocycles. The molecule has 2 atom stereocenters. The number of carbonyl (C=O) groups is 2. The van der Waals surface area contributed by atoms with Gasteiger partial charge in [-0.05, 0) is 55.5 Å². The minimum atomic E-state index is -0.185. The minimum Gasteiger partial charge on any atom is -0.376 e. The monoisotopic (exact) mass is 464 g/mol. The van der Waals surface area contributed by atoms with E-state index in [0.717, 1.165) is 55.9 Å². The summed E-state index contributed by atoms with van der Waals surface area (Å²) in [6.07, 6.45) is 1.90. The van der Waals surface area contributed by atoms with Crippen molar-refractivity contribution in [3.8, 4) is 0 Å². The largest absolute Gasteiger partial charge is 0.376 e. The van der Waals surface area contributed by atoms with E-state index in [1.807, 2.05) is 37.3 Å². The molecule has 0 bridgehead atoms. The number of nitrogens with one attached hydrogen (secondary N) is 2. The third kappa shape index (κ3) is 6.81. The number of anilines is 1. The fourth-order valence-corrected chi connectivity index (χ4v) is 4.76. The summed E-state index contributed by atoms with van der Waals surface area (Å²) >= 11 is 0. The fraction of sp³-hybridized carbons (Fsp3) is 0.481. The first-order valence-corrected chi connectivity index (χ1v) is 12.3. The summed E-state index contributed by atoms with van der Waals surface area (Å²) in [4.78, 5) is 29.8. The lowest BCUT2D eigenvalue weighted by Crippen LogP contribution is -2.46. The zero-order chi connectivity index (χ0) is 23.9. The number of carbonyl (C=O) groups excluding carboxylic acids is 2. The molecule has 2 fully saturated rings. The second kappa shape index (κ2) is 11.5. The lowest BCUT2D eigenvalue weighted by Gasteiger charge is -2.32. The van der Waals surface area contributed by atoms with E-state index < -0.39 is 0 Å². The lowest BCUT2D eigenvalue weighted by molar-refractivity contribution is -0.126. The SMILES string of the molecule is Cc1cccc(NC(=O)N2CCCC(C(=O)NCc3cccc(CN4CCOC(C)C4)c3)C2)c1. The van der Waals surface area contributed by atoms with Crippen LogP contribution in [0.3, 0.4) is 0 Å². The van der Waals surface area contributed by atoms with Gasteiger partial charge in [-0.25, -0.2) is 4.79 Å². The number of hydrogen-bond acceptors (Lipinski definition) is 4. The van der Waals surface area contributed by atoms with Crippen molar-refractivity contribution in [3.63, 3.8) is 0 Å². The second-order valence-electron chi connectivity index (χ2n) is 9.54. The third-order valence-electron chi connectivity index (χ3n) is 6.54. The molecule has 2 aliphatic rings. The Balaban J connectivity index is 1.27. The van der Waals surface area contributed by atoms with Crippen LogP contribution in [0.15, 0.2) is 48.5 Å². The Kier molecular flexibility index (Phi) is 8.19. The smallest absolute Gasteiger partial charge is 0.321 e. The van der Waals surface area contributed by atoms with Crippen molar-refractivity contribution >= 4 is 17.6 Å². The summed E-state index contributed by atoms with van der Waals surface area (Å²) in [5.41, 5.74) is 4.22. The Morgan fingerprint density at radius 1 is 1.06 bits per heavy atom. The van der Waals surface area contributed by atoms with Gasteiger partial charge in [0.15, 0.2) is 0 Å². The van der Waals surface area contributed by atoms with Crippen LogP contribution in [-0.2, 0) is 22.6 Å². The molecule has 0 radical (unpaired) electrons. The van der Waals surface area contributed by atoms with Crippen LogP contribution in [-0.4, -0.2) is 60.6 Å². The van der Waals surface area contributed by atoms with Gasteiger partial charge in [0.25, 0.3) is 0 Å². The standard InChI is InChI=1S/C27H36N4O3/c1-20-6-3-10-25(14-20)29-27(33)31-11-5-9-24(19-31)26(32)28-16-22-7-4-8-23(15-22)18-30-12-13-34-21(2)17-30/h3-4,6-8,10,14-15,21,24H,5,9,11-13,16-19H2,1-2H3,(H,28,32)(H,29,33). The molecule has 7 nitrogen and oxygen atoms in total. The van der Waals surface area contributed by atoms with Gasteiger partial charge >= 0.3 is 6.03 Å². The highest BCUT2D eigenvalue weighted by Gasteiger charge is 2.28. The number of rotatable bonds is 6. The Hall–Kier alpha value is -2.90. The first-order valence-electron chi connectivity index (χ1n) is 12.3. The maximum Gasteiger partial charge on any atom is 0.321 e. The third-order valence-corrected chi connectivity index (χ3v) is 6.54. The number of aryl methyl sites for hydroxylation is 1. The topological polar surface area (TPSA) is 73.9 Å². The van der Waals surface area contributed by atoms with Crippen molar-refractivity contribution in [1.82, 2.24) is 15.1 Å². The predicted octanol–water partition coefficient (Wildman–Crippen LogP) is 3.78. The molecular weight excluding hydrogens is 428 g/mol. The number of urea groups is 1. The van der Waals surface area contributed by atoms with Gasteiger partial charge in [-0.15, -0.1) is 0 Å². The summed E-state index contributed by atoms with van der Waals surface area (Å²) in [5, 5.41) is 6.05. The minimum absolute atomic E-state index is 0.0143. The van der Waals surface area contributed by atoms with Crippen molar-refractivity contribution in [2.45, 2.75) is 45.9 Å². The average molecular weight is 465 g/mol. The van der Waals surface area contributed by atoms with Crippen LogP contribution < -0.4 is 10.6 Å². The number of amides is 3. The van der Waals surface area contributed by atoms with E-state index in [1.54, 1.807) is 4.90 Å². The van der Waals surface area contributed by atoms with Gasteiger partial charge in [-0.2, -0.15) is 0 Å². The molecule has 182 valence electrons. The molecule has 2 unspecified atom stereocenters. The molecule has 4 rings (SSSR count). The van der Waals surface area contributed by atoms with Crippen LogP contribution in [0.5, 0.6) is 0 Å². The molecule has 34 heavy (non-hydrogen) atoms. The lowest BCUT2D eigenvalue weighted by atomic mass is 9.97. The molecular formula is C27H36N4O3. The predicted molar refractivity (Wildman–Crippen MR) is 133 cm³/mol. The van der Waals surface area contributed by atoms with Crippen molar-refractivity contribution in [2.24, 2.45) is 5.92 Å². The van der Waals surface area contributed by atoms with Crippen LogP contribution in [0.2, 0.25) is 0 Å². The quantitative estimate of drug-likeness (QED) is 0.683. The Morgan fingerprint density at radius 2 is 1.88 bits per heavy atom. The molecule has 3 amide bonds. The van der Waals surface area contributed by atoms with Gasteiger partial charge in [0.1, 0.15) is 0 Å². The number of piperidine rings is 1. The molecule has 0 spiro atoms. The summed E-state index contributed by atoms with van der Waals surface area (Å²) < 4.78 is 5.63. The van der Waals surface area contributed by atoms with Gasteiger partial charge in [0.2, 0.25) is 5.91 Å². The zero-order valence-corrected chi connectivity index (χ0v) is 20.3. The number of nitrogens with zero attached hydrogens (tertiary/aromatic N) is 2. The van der Waals surface area contributed by atoms with Crippen molar-refractivity contribution in [3.05, 3.63) is 65.2 Å². The van der Waals surface area contributed by atoms with Gasteiger partial charge in [-0.3, -0.25) is 9.69 Å². The molecule has 7 heteroatoms. The molecule has 2 aliphatic heterocycles. The first kappa shape index (κ1) is 24.2. The van der Waals surface area contributed by atoms with Crippen LogP contribution in [0.25, 0.3) is 0 Å². The highest BCUT2D eigenvalue weighted by molar-refractivity contribution is 5.90. The number of ether oxygens (including phenoxy) is 1. The van der Waals surface area contributed by atoms with Gasteiger partial charge in [-0.1, -0.05) is 36.4 Å². The van der Waals surface area contributed by atoms with Gasteiger partial charge < -0.3 is 20.3 Å². The van der Waals surface area contributed by atoms with E-state index in [0.29, 0.717) is 19.6 Å². The van der Waals surface area contributed by atoms with Gasteiger partial charge in [0.05, 0.1) is 18.6 Å². The number of morpholine rings is 1. The first-order chi connectivity index (χ1) is 16.5. The molecule has 2 saturated heterocycles. The number of likely N-dealkylation sites (tertiary alicyclic amines) is 1. The van der Waals surface area contributed by atoms with Gasteiger partial charge in [0, 0.05) is 45.0 Å².